The summed E-state index contributed by atoms with van der Waals surface area (Å²) in [5, 5.41) is 0. The van der Waals surface area contributed by atoms with Crippen LogP contribution in [0.2, 0.25) is 0 Å². The van der Waals surface area contributed by atoms with Crippen molar-refractivity contribution in [2.75, 3.05) is 13.1 Å². The Bertz CT molecular complexity index is 254. The Morgan fingerprint density at radius 1 is 1.31 bits per heavy atom. The quantitative estimate of drug-likeness (QED) is 0.664. The van der Waals surface area contributed by atoms with E-state index in [1.165, 1.54) is 0 Å². The van der Waals surface area contributed by atoms with Crippen LogP contribution >= 0.6 is 12.2 Å². The number of rotatable bonds is 2. The maximum absolute atomic E-state index is 11.9. The predicted molar refractivity (Wildman–Crippen MR) is 54.3 cm³/mol. The Kier molecular flexibility index (Phi) is 2.02. The molecule has 13 heavy (non-hydrogen) atoms. The van der Waals surface area contributed by atoms with E-state index in [1.54, 1.807) is 0 Å². The third-order valence-corrected chi connectivity index (χ3v) is 3.42. The first kappa shape index (κ1) is 8.94. The van der Waals surface area contributed by atoms with Gasteiger partial charge in [-0.3, -0.25) is 4.79 Å². The summed E-state index contributed by atoms with van der Waals surface area (Å²) in [6.07, 6.45) is 3.97. The Hall–Kier alpha value is -0.640. The normalized spacial score (nSPS) is 24.5. The monoisotopic (exact) mass is 198 g/mol. The summed E-state index contributed by atoms with van der Waals surface area (Å²) in [7, 11) is 0. The van der Waals surface area contributed by atoms with Crippen LogP contribution in [0.5, 0.6) is 0 Å². The molecule has 1 heterocycles. The lowest BCUT2D eigenvalue weighted by molar-refractivity contribution is -0.133. The molecule has 1 amide bonds. The first-order chi connectivity index (χ1) is 6.17. The number of likely N-dealkylation sites (tertiary alicyclic amines) is 1. The average Bonchev–Trinajstić information content (AvgIpc) is 2.74. The standard InChI is InChI=1S/C9H14N2OS/c10-7(13)9(3-4-9)8(12)11-5-1-2-6-11/h1-6H2,(H2,10,13). The van der Waals surface area contributed by atoms with E-state index in [4.69, 9.17) is 18.0 Å². The molecule has 72 valence electrons. The molecule has 0 spiro atoms. The maximum Gasteiger partial charge on any atom is 0.235 e. The molecule has 2 rings (SSSR count). The van der Waals surface area contributed by atoms with Crippen LogP contribution in [0.3, 0.4) is 0 Å². The van der Waals surface area contributed by atoms with Crippen molar-refractivity contribution >= 4 is 23.1 Å². The van der Waals surface area contributed by atoms with Gasteiger partial charge in [0.05, 0.1) is 10.4 Å². The van der Waals surface area contributed by atoms with Gasteiger partial charge in [-0.2, -0.15) is 0 Å². The Balaban J connectivity index is 2.08. The van der Waals surface area contributed by atoms with E-state index < -0.39 is 5.41 Å². The zero-order chi connectivity index (χ0) is 9.47. The van der Waals surface area contributed by atoms with Crippen LogP contribution in [-0.4, -0.2) is 28.9 Å². The van der Waals surface area contributed by atoms with Crippen LogP contribution in [0.25, 0.3) is 0 Å². The van der Waals surface area contributed by atoms with Gasteiger partial charge in [0.15, 0.2) is 0 Å². The molecular formula is C9H14N2OS. The molecule has 0 radical (unpaired) electrons. The van der Waals surface area contributed by atoms with Gasteiger partial charge in [-0.15, -0.1) is 0 Å². The van der Waals surface area contributed by atoms with Crippen molar-refractivity contribution in [2.45, 2.75) is 25.7 Å². The molecule has 0 atom stereocenters. The van der Waals surface area contributed by atoms with E-state index in [0.717, 1.165) is 38.8 Å². The largest absolute Gasteiger partial charge is 0.392 e. The van der Waals surface area contributed by atoms with E-state index in [1.807, 2.05) is 4.90 Å². The fourth-order valence-corrected chi connectivity index (χ4v) is 2.20. The lowest BCUT2D eigenvalue weighted by Crippen LogP contribution is -2.41. The molecule has 1 aliphatic carbocycles. The van der Waals surface area contributed by atoms with Gasteiger partial charge in [-0.05, 0) is 25.7 Å². The minimum Gasteiger partial charge on any atom is -0.392 e. The van der Waals surface area contributed by atoms with Gasteiger partial charge in [0.2, 0.25) is 5.91 Å². The lowest BCUT2D eigenvalue weighted by Gasteiger charge is -2.21. The Morgan fingerprint density at radius 3 is 2.23 bits per heavy atom. The molecule has 0 unspecified atom stereocenters. The highest BCUT2D eigenvalue weighted by Crippen LogP contribution is 2.47. The van der Waals surface area contributed by atoms with Gasteiger partial charge < -0.3 is 10.6 Å². The van der Waals surface area contributed by atoms with E-state index >= 15 is 0 Å². The first-order valence-electron chi connectivity index (χ1n) is 4.76. The second-order valence-corrected chi connectivity index (χ2v) is 4.39. The molecule has 3 nitrogen and oxygen atoms in total. The van der Waals surface area contributed by atoms with Crippen LogP contribution in [0.15, 0.2) is 0 Å². The molecular weight excluding hydrogens is 184 g/mol. The van der Waals surface area contributed by atoms with Crippen LogP contribution in [0.4, 0.5) is 0 Å². The van der Waals surface area contributed by atoms with Gasteiger partial charge >= 0.3 is 0 Å². The van der Waals surface area contributed by atoms with Gasteiger partial charge in [0.1, 0.15) is 0 Å². The Labute approximate surface area is 83.3 Å². The maximum atomic E-state index is 11.9. The first-order valence-corrected chi connectivity index (χ1v) is 5.17. The van der Waals surface area contributed by atoms with Crippen molar-refractivity contribution in [2.24, 2.45) is 11.1 Å². The highest BCUT2D eigenvalue weighted by Gasteiger charge is 2.54. The second kappa shape index (κ2) is 2.94. The third-order valence-electron chi connectivity index (χ3n) is 3.02. The van der Waals surface area contributed by atoms with Crippen LogP contribution in [0, 0.1) is 5.41 Å². The number of amides is 1. The summed E-state index contributed by atoms with van der Waals surface area (Å²) in [5.41, 5.74) is 5.15. The smallest absolute Gasteiger partial charge is 0.235 e. The van der Waals surface area contributed by atoms with Crippen LogP contribution < -0.4 is 5.73 Å². The summed E-state index contributed by atoms with van der Waals surface area (Å²) in [6, 6.07) is 0. The molecule has 0 aromatic rings. The van der Waals surface area contributed by atoms with E-state index in [9.17, 15) is 4.79 Å². The van der Waals surface area contributed by atoms with Gasteiger partial charge in [0.25, 0.3) is 0 Å². The number of carbonyl (C=O) groups is 1. The summed E-state index contributed by atoms with van der Waals surface area (Å²) in [4.78, 5) is 14.2. The highest BCUT2D eigenvalue weighted by molar-refractivity contribution is 7.80. The van der Waals surface area contributed by atoms with Gasteiger partial charge in [-0.25, -0.2) is 0 Å². The van der Waals surface area contributed by atoms with E-state index in [-0.39, 0.29) is 5.91 Å². The summed E-state index contributed by atoms with van der Waals surface area (Å²) in [5.74, 6) is 0.178. The molecule has 2 aliphatic rings. The summed E-state index contributed by atoms with van der Waals surface area (Å²) >= 11 is 4.94. The SMILES string of the molecule is NC(=S)C1(C(=O)N2CCCC2)CC1. The zero-order valence-electron chi connectivity index (χ0n) is 7.58. The minimum absolute atomic E-state index is 0.178. The Morgan fingerprint density at radius 2 is 1.85 bits per heavy atom. The number of nitrogens with zero attached hydrogens (tertiary/aromatic N) is 1. The van der Waals surface area contributed by atoms with Crippen molar-refractivity contribution < 1.29 is 4.79 Å². The van der Waals surface area contributed by atoms with Crippen LogP contribution in [0.1, 0.15) is 25.7 Å². The number of carbonyl (C=O) groups excluding carboxylic acids is 1. The van der Waals surface area contributed by atoms with Crippen molar-refractivity contribution in [1.82, 2.24) is 4.90 Å². The van der Waals surface area contributed by atoms with Crippen molar-refractivity contribution in [1.29, 1.82) is 0 Å². The molecule has 2 N–H and O–H groups in total. The average molecular weight is 198 g/mol. The van der Waals surface area contributed by atoms with E-state index in [2.05, 4.69) is 0 Å². The second-order valence-electron chi connectivity index (χ2n) is 3.95. The number of nitrogens with two attached hydrogens (primary N) is 1. The molecule has 1 saturated heterocycles. The summed E-state index contributed by atoms with van der Waals surface area (Å²) in [6.45, 7) is 1.78. The van der Waals surface area contributed by atoms with E-state index in [0.29, 0.717) is 4.99 Å². The number of hydrogen-bond acceptors (Lipinski definition) is 2. The third kappa shape index (κ3) is 1.33. The van der Waals surface area contributed by atoms with Crippen molar-refractivity contribution in [3.63, 3.8) is 0 Å². The lowest BCUT2D eigenvalue weighted by atomic mass is 10.1. The number of thiocarbonyl (C=S) groups is 1. The van der Waals surface area contributed by atoms with Gasteiger partial charge in [-0.1, -0.05) is 12.2 Å². The molecule has 0 aromatic heterocycles. The van der Waals surface area contributed by atoms with Crippen molar-refractivity contribution in [3.8, 4) is 0 Å². The predicted octanol–water partition coefficient (Wildman–Crippen LogP) is 0.675. The molecule has 0 aromatic carbocycles. The molecule has 4 heteroatoms. The van der Waals surface area contributed by atoms with Crippen LogP contribution in [-0.2, 0) is 4.79 Å². The molecule has 0 bridgehead atoms. The molecule has 2 fully saturated rings. The zero-order valence-corrected chi connectivity index (χ0v) is 8.40. The van der Waals surface area contributed by atoms with Crippen molar-refractivity contribution in [3.05, 3.63) is 0 Å². The fraction of sp³-hybridized carbons (Fsp3) is 0.778. The topological polar surface area (TPSA) is 46.3 Å². The molecule has 1 aliphatic heterocycles. The minimum atomic E-state index is -0.431. The number of hydrogen-bond donors (Lipinski definition) is 1. The highest BCUT2D eigenvalue weighted by atomic mass is 32.1. The fourth-order valence-electron chi connectivity index (χ4n) is 1.91. The van der Waals surface area contributed by atoms with Gasteiger partial charge in [0, 0.05) is 13.1 Å². The molecule has 1 saturated carbocycles. The summed E-state index contributed by atoms with van der Waals surface area (Å²) < 4.78 is 0.